The fourth-order valence-electron chi connectivity index (χ4n) is 3.58. The molecular formula is C20H21ClF3N3O. The van der Waals surface area contributed by atoms with E-state index in [2.05, 4.69) is 15.3 Å². The lowest BCUT2D eigenvalue weighted by Gasteiger charge is -2.40. The number of aromatic nitrogens is 2. The Morgan fingerprint density at radius 1 is 1.29 bits per heavy atom. The maximum Gasteiger partial charge on any atom is 0.251 e. The number of amides is 1. The Morgan fingerprint density at radius 3 is 2.54 bits per heavy atom. The molecule has 4 nitrogen and oxygen atoms in total. The van der Waals surface area contributed by atoms with Crippen LogP contribution < -0.4 is 5.32 Å². The number of nitrogens with one attached hydrogen (secondary N) is 1. The van der Waals surface area contributed by atoms with Gasteiger partial charge in [0.05, 0.1) is 4.87 Å². The van der Waals surface area contributed by atoms with Crippen LogP contribution in [0.15, 0.2) is 36.5 Å². The van der Waals surface area contributed by atoms with Crippen molar-refractivity contribution < 1.29 is 18.0 Å². The molecule has 0 radical (unpaired) electrons. The van der Waals surface area contributed by atoms with Gasteiger partial charge in [0.15, 0.2) is 0 Å². The number of carbonyl (C=O) groups excluding carboxylic acids is 1. The van der Waals surface area contributed by atoms with E-state index in [1.165, 1.54) is 6.20 Å². The number of halogens is 4. The average Bonchev–Trinajstić information content (AvgIpc) is 2.66. The van der Waals surface area contributed by atoms with Crippen LogP contribution in [0.2, 0.25) is 0 Å². The summed E-state index contributed by atoms with van der Waals surface area (Å²) >= 11 is 6.85. The molecule has 1 saturated carbocycles. The molecule has 0 saturated heterocycles. The minimum Gasteiger partial charge on any atom is -0.350 e. The quantitative estimate of drug-likeness (QED) is 0.577. The second kappa shape index (κ2) is 8.07. The molecule has 8 heteroatoms. The topological polar surface area (TPSA) is 54.9 Å². The van der Waals surface area contributed by atoms with E-state index in [0.29, 0.717) is 5.56 Å². The smallest absolute Gasteiger partial charge is 0.251 e. The van der Waals surface area contributed by atoms with E-state index in [1.54, 1.807) is 37.3 Å². The molecule has 1 N–H and O–H groups in total. The predicted octanol–water partition coefficient (Wildman–Crippen LogP) is 4.61. The van der Waals surface area contributed by atoms with Crippen LogP contribution in [0.25, 0.3) is 0 Å². The molecule has 1 heterocycles. The molecule has 1 amide bonds. The van der Waals surface area contributed by atoms with Crippen molar-refractivity contribution in [2.45, 2.75) is 43.4 Å². The van der Waals surface area contributed by atoms with Crippen LogP contribution in [0.4, 0.5) is 13.2 Å². The van der Waals surface area contributed by atoms with E-state index < -0.39 is 22.7 Å². The summed E-state index contributed by atoms with van der Waals surface area (Å²) in [6, 6.07) is 8.51. The fourth-order valence-corrected chi connectivity index (χ4v) is 3.99. The normalized spacial score (nSPS) is 19.0. The number of carbonyl (C=O) groups is 1. The highest BCUT2D eigenvalue weighted by molar-refractivity contribution is 6.24. The molecule has 28 heavy (non-hydrogen) atoms. The molecule has 1 fully saturated rings. The molecule has 1 unspecified atom stereocenters. The van der Waals surface area contributed by atoms with Crippen LogP contribution in [0.3, 0.4) is 0 Å². The van der Waals surface area contributed by atoms with Gasteiger partial charge in [-0.25, -0.2) is 18.7 Å². The standard InChI is InChI=1S/C20H21ClF3N3O/c1-13-25-11-16(17(22)27-13)20(21,15-7-9-19(23,24)10-8-15)12-26-18(28)14-5-3-2-4-6-14/h2-6,11,15H,7-10,12H2,1H3,(H,26,28). The molecular weight excluding hydrogens is 391 g/mol. The van der Waals surface area contributed by atoms with Gasteiger partial charge >= 0.3 is 0 Å². The van der Waals surface area contributed by atoms with E-state index in [0.717, 1.165) is 0 Å². The van der Waals surface area contributed by atoms with Crippen LogP contribution in [0.5, 0.6) is 0 Å². The van der Waals surface area contributed by atoms with Gasteiger partial charge in [-0.05, 0) is 37.8 Å². The molecule has 0 spiro atoms. The van der Waals surface area contributed by atoms with Gasteiger partial charge in [-0.15, -0.1) is 11.6 Å². The first kappa shape index (κ1) is 20.6. The van der Waals surface area contributed by atoms with Crippen molar-refractivity contribution in [1.82, 2.24) is 15.3 Å². The summed E-state index contributed by atoms with van der Waals surface area (Å²) in [5.41, 5.74) is 0.445. The summed E-state index contributed by atoms with van der Waals surface area (Å²) in [5.74, 6) is -4.13. The van der Waals surface area contributed by atoms with Crippen LogP contribution in [0.1, 0.15) is 47.4 Å². The number of hydrogen-bond donors (Lipinski definition) is 1. The van der Waals surface area contributed by atoms with Gasteiger partial charge in [0.25, 0.3) is 5.91 Å². The first-order chi connectivity index (χ1) is 13.2. The molecule has 0 bridgehead atoms. The van der Waals surface area contributed by atoms with Gasteiger partial charge in [-0.1, -0.05) is 18.2 Å². The highest BCUT2D eigenvalue weighted by Crippen LogP contribution is 2.48. The zero-order valence-electron chi connectivity index (χ0n) is 15.4. The molecule has 1 aromatic heterocycles. The summed E-state index contributed by atoms with van der Waals surface area (Å²) in [7, 11) is 0. The van der Waals surface area contributed by atoms with E-state index in [4.69, 9.17) is 11.6 Å². The first-order valence-electron chi connectivity index (χ1n) is 9.11. The third-order valence-corrected chi connectivity index (χ3v) is 5.86. The van der Waals surface area contributed by atoms with Crippen LogP contribution >= 0.6 is 11.6 Å². The maximum absolute atomic E-state index is 14.6. The Morgan fingerprint density at radius 2 is 1.93 bits per heavy atom. The van der Waals surface area contributed by atoms with E-state index >= 15 is 0 Å². The van der Waals surface area contributed by atoms with Crippen molar-refractivity contribution >= 4 is 17.5 Å². The van der Waals surface area contributed by atoms with Gasteiger partial charge in [0, 0.05) is 36.7 Å². The number of aryl methyl sites for hydroxylation is 1. The Bertz CT molecular complexity index is 840. The van der Waals surface area contributed by atoms with Crippen molar-refractivity contribution in [3.63, 3.8) is 0 Å². The van der Waals surface area contributed by atoms with E-state index in [9.17, 15) is 18.0 Å². The maximum atomic E-state index is 14.6. The average molecular weight is 412 g/mol. The molecule has 3 rings (SSSR count). The molecule has 0 aliphatic heterocycles. The second-order valence-corrected chi connectivity index (χ2v) is 7.84. The summed E-state index contributed by atoms with van der Waals surface area (Å²) in [4.78, 5) is 18.8. The number of hydrogen-bond acceptors (Lipinski definition) is 3. The van der Waals surface area contributed by atoms with E-state index in [1.807, 2.05) is 0 Å². The summed E-state index contributed by atoms with van der Waals surface area (Å²) in [6.07, 6.45) is 0.863. The number of nitrogens with zero attached hydrogens (tertiary/aromatic N) is 2. The van der Waals surface area contributed by atoms with Crippen molar-refractivity contribution in [1.29, 1.82) is 0 Å². The van der Waals surface area contributed by atoms with Crippen LogP contribution in [0, 0.1) is 18.8 Å². The zero-order chi connectivity index (χ0) is 20.4. The van der Waals surface area contributed by atoms with Crippen molar-refractivity contribution in [2.24, 2.45) is 5.92 Å². The lowest BCUT2D eigenvalue weighted by atomic mass is 9.75. The van der Waals surface area contributed by atoms with Crippen molar-refractivity contribution in [3.8, 4) is 0 Å². The first-order valence-corrected chi connectivity index (χ1v) is 9.49. The predicted molar refractivity (Wildman–Crippen MR) is 99.9 cm³/mol. The van der Waals surface area contributed by atoms with E-state index in [-0.39, 0.29) is 49.5 Å². The molecule has 150 valence electrons. The number of benzene rings is 1. The van der Waals surface area contributed by atoms with Gasteiger partial charge in [0.2, 0.25) is 11.9 Å². The minimum atomic E-state index is -2.75. The summed E-state index contributed by atoms with van der Waals surface area (Å²) < 4.78 is 41.9. The fraction of sp³-hybridized carbons (Fsp3) is 0.450. The number of rotatable bonds is 5. The van der Waals surface area contributed by atoms with Gasteiger partial charge in [-0.3, -0.25) is 4.79 Å². The molecule has 2 aromatic rings. The zero-order valence-corrected chi connectivity index (χ0v) is 16.1. The lowest BCUT2D eigenvalue weighted by molar-refractivity contribution is -0.0507. The van der Waals surface area contributed by atoms with Gasteiger partial charge in [0.1, 0.15) is 5.82 Å². The van der Waals surface area contributed by atoms with Crippen LogP contribution in [-0.4, -0.2) is 28.3 Å². The lowest BCUT2D eigenvalue weighted by Crippen LogP contribution is -2.45. The second-order valence-electron chi connectivity index (χ2n) is 7.16. The van der Waals surface area contributed by atoms with Crippen LogP contribution in [-0.2, 0) is 4.87 Å². The largest absolute Gasteiger partial charge is 0.350 e. The molecule has 1 aliphatic carbocycles. The molecule has 1 aromatic carbocycles. The molecule has 1 aliphatic rings. The third kappa shape index (κ3) is 4.46. The SMILES string of the molecule is Cc1ncc(C(Cl)(CNC(=O)c2ccccc2)C2CCC(F)(F)CC2)c(F)n1. The monoisotopic (exact) mass is 411 g/mol. The minimum absolute atomic E-state index is 0.0170. The Labute approximate surface area is 166 Å². The highest BCUT2D eigenvalue weighted by Gasteiger charge is 2.47. The van der Waals surface area contributed by atoms with Gasteiger partial charge in [-0.2, -0.15) is 4.39 Å². The molecule has 1 atom stereocenters. The third-order valence-electron chi connectivity index (χ3n) is 5.22. The highest BCUT2D eigenvalue weighted by atomic mass is 35.5. The summed E-state index contributed by atoms with van der Waals surface area (Å²) in [5, 5.41) is 2.72. The Hall–Kier alpha value is -2.15. The van der Waals surface area contributed by atoms with Crippen molar-refractivity contribution in [2.75, 3.05) is 6.54 Å². The Kier molecular flexibility index (Phi) is 5.93. The summed E-state index contributed by atoms with van der Waals surface area (Å²) in [6.45, 7) is 1.42. The van der Waals surface area contributed by atoms with Gasteiger partial charge < -0.3 is 5.32 Å². The Balaban J connectivity index is 1.87. The van der Waals surface area contributed by atoms with Crippen molar-refractivity contribution in [3.05, 3.63) is 59.4 Å². The number of alkyl halides is 3.